The maximum atomic E-state index is 14.1. The zero-order valence-corrected chi connectivity index (χ0v) is 23.7. The van der Waals surface area contributed by atoms with Crippen LogP contribution in [-0.2, 0) is 19.1 Å². The number of amides is 3. The summed E-state index contributed by atoms with van der Waals surface area (Å²) in [4.78, 5) is 42.7. The molecule has 7 atom stereocenters. The zero-order valence-electron chi connectivity index (χ0n) is 22.1. The first-order valence-electron chi connectivity index (χ1n) is 13.1. The number of likely N-dealkylation sites (tertiary alicyclic amines) is 1. The summed E-state index contributed by atoms with van der Waals surface area (Å²) in [7, 11) is 0. The number of carbonyl (C=O) groups excluding carboxylic acids is 3. The van der Waals surface area contributed by atoms with Gasteiger partial charge in [-0.05, 0) is 63.8 Å². The van der Waals surface area contributed by atoms with Crippen LogP contribution in [0.1, 0.15) is 47.5 Å². The van der Waals surface area contributed by atoms with Crippen LogP contribution in [0.5, 0.6) is 5.75 Å². The van der Waals surface area contributed by atoms with Gasteiger partial charge in [-0.1, -0.05) is 29.8 Å². The minimum Gasteiger partial charge on any atom is -0.494 e. The molecule has 2 bridgehead atoms. The number of nitrogens with zero attached hydrogens (tertiary/aromatic N) is 1. The van der Waals surface area contributed by atoms with Crippen molar-refractivity contribution in [3.8, 4) is 5.75 Å². The fourth-order valence-corrected chi connectivity index (χ4v) is 7.21. The molecule has 4 rings (SSSR count). The molecule has 3 saturated heterocycles. The Labute approximate surface area is 226 Å². The summed E-state index contributed by atoms with van der Waals surface area (Å²) in [5.41, 5.74) is -0.569. The molecule has 37 heavy (non-hydrogen) atoms. The van der Waals surface area contributed by atoms with Crippen molar-refractivity contribution < 1.29 is 29.0 Å². The Hall–Kier alpha value is -2.17. The van der Waals surface area contributed by atoms with Crippen LogP contribution in [0.25, 0.3) is 0 Å². The molecule has 1 aromatic rings. The molecule has 1 aromatic carbocycles. The number of halogens is 1. The van der Waals surface area contributed by atoms with E-state index in [-0.39, 0.29) is 41.1 Å². The lowest BCUT2D eigenvalue weighted by Gasteiger charge is -2.37. The van der Waals surface area contributed by atoms with Crippen LogP contribution in [0.15, 0.2) is 24.3 Å². The van der Waals surface area contributed by atoms with Crippen molar-refractivity contribution in [3.63, 3.8) is 0 Å². The number of benzene rings is 1. The normalized spacial score (nSPS) is 31.1. The summed E-state index contributed by atoms with van der Waals surface area (Å²) in [6, 6.07) is 5.43. The lowest BCUT2D eigenvalue weighted by molar-refractivity contribution is -0.145. The van der Waals surface area contributed by atoms with Gasteiger partial charge in [0.2, 0.25) is 17.7 Å². The summed E-state index contributed by atoms with van der Waals surface area (Å²) < 4.78 is 12.0. The number of ether oxygens (including phenoxy) is 2. The standard InChI is InChI=1S/C27H38BrN3O6/c1-6-36-18-9-7-16(8-10-18)30-24(33)20-21-26(35)31(17(13-32)11-14(2)3)23(25(34)29-15(4)5)27(21)12-19(28)22(20)37-27/h7-10,14-15,17,19-23,32H,6,11-13H2,1-5H3,(H,29,34)(H,30,33)/t17-,19?,20+,21+,22+,23?,27?/m1/s1. The highest BCUT2D eigenvalue weighted by Gasteiger charge is 2.77. The van der Waals surface area contributed by atoms with E-state index in [1.165, 1.54) is 4.90 Å². The predicted molar refractivity (Wildman–Crippen MR) is 142 cm³/mol. The maximum absolute atomic E-state index is 14.1. The molecule has 0 aliphatic carbocycles. The van der Waals surface area contributed by atoms with E-state index in [2.05, 4.69) is 26.6 Å². The lowest BCUT2D eigenvalue weighted by Crippen LogP contribution is -2.59. The zero-order chi connectivity index (χ0) is 27.1. The molecule has 3 amide bonds. The highest BCUT2D eigenvalue weighted by atomic mass is 79.9. The molecule has 3 aliphatic rings. The number of hydrogen-bond acceptors (Lipinski definition) is 6. The smallest absolute Gasteiger partial charge is 0.246 e. The summed E-state index contributed by atoms with van der Waals surface area (Å²) in [6.07, 6.45) is 0.402. The number of anilines is 1. The number of nitrogens with one attached hydrogen (secondary N) is 2. The molecule has 0 aromatic heterocycles. The Morgan fingerprint density at radius 3 is 2.46 bits per heavy atom. The van der Waals surface area contributed by atoms with Gasteiger partial charge in [0.1, 0.15) is 17.4 Å². The average Bonchev–Trinajstić information content (AvgIpc) is 3.41. The Morgan fingerprint density at radius 1 is 1.22 bits per heavy atom. The van der Waals surface area contributed by atoms with Gasteiger partial charge in [0, 0.05) is 16.6 Å². The van der Waals surface area contributed by atoms with Crippen molar-refractivity contribution in [2.24, 2.45) is 17.8 Å². The first kappa shape index (κ1) is 27.9. The summed E-state index contributed by atoms with van der Waals surface area (Å²) in [5.74, 6) is -1.67. The SMILES string of the molecule is CCOc1ccc(NC(=O)[C@H]2[C@H]3C(=O)N([C@@H](CO)CC(C)C)C(C(=O)NC(C)C)C34CC(Br)[C@@H]2O4)cc1. The number of aliphatic hydroxyl groups is 1. The molecule has 3 fully saturated rings. The van der Waals surface area contributed by atoms with E-state index in [1.54, 1.807) is 24.3 Å². The van der Waals surface area contributed by atoms with E-state index < -0.39 is 35.6 Å². The van der Waals surface area contributed by atoms with E-state index in [0.29, 0.717) is 30.9 Å². The quantitative estimate of drug-likeness (QED) is 0.367. The van der Waals surface area contributed by atoms with Crippen LogP contribution in [0.3, 0.4) is 0 Å². The summed E-state index contributed by atoms with van der Waals surface area (Å²) in [6.45, 7) is 9.90. The van der Waals surface area contributed by atoms with Crippen LogP contribution < -0.4 is 15.4 Å². The van der Waals surface area contributed by atoms with Gasteiger partial charge in [-0.25, -0.2) is 0 Å². The van der Waals surface area contributed by atoms with Gasteiger partial charge < -0.3 is 30.1 Å². The van der Waals surface area contributed by atoms with Gasteiger partial charge in [0.05, 0.1) is 37.2 Å². The molecule has 0 saturated carbocycles. The van der Waals surface area contributed by atoms with Crippen molar-refractivity contribution in [2.45, 2.75) is 82.1 Å². The van der Waals surface area contributed by atoms with Gasteiger partial charge in [-0.2, -0.15) is 0 Å². The highest BCUT2D eigenvalue weighted by molar-refractivity contribution is 9.09. The average molecular weight is 581 g/mol. The molecule has 3 unspecified atom stereocenters. The second-order valence-electron chi connectivity index (χ2n) is 11.0. The third-order valence-electron chi connectivity index (χ3n) is 7.49. The minimum absolute atomic E-state index is 0.144. The number of alkyl halides is 1. The summed E-state index contributed by atoms with van der Waals surface area (Å²) in [5, 5.41) is 16.2. The number of carbonyl (C=O) groups is 3. The van der Waals surface area contributed by atoms with Crippen molar-refractivity contribution in [2.75, 3.05) is 18.5 Å². The molecule has 3 N–H and O–H groups in total. The maximum Gasteiger partial charge on any atom is 0.246 e. The third kappa shape index (κ3) is 5.00. The van der Waals surface area contributed by atoms with Crippen LogP contribution >= 0.6 is 15.9 Å². The molecule has 10 heteroatoms. The lowest BCUT2D eigenvalue weighted by atomic mass is 9.70. The second-order valence-corrected chi connectivity index (χ2v) is 12.2. The van der Waals surface area contributed by atoms with Crippen molar-refractivity contribution in [1.82, 2.24) is 10.2 Å². The third-order valence-corrected chi connectivity index (χ3v) is 8.33. The number of aliphatic hydroxyl groups excluding tert-OH is 1. The Morgan fingerprint density at radius 2 is 1.89 bits per heavy atom. The van der Waals surface area contributed by atoms with Crippen molar-refractivity contribution in [1.29, 1.82) is 0 Å². The molecule has 1 spiro atoms. The van der Waals surface area contributed by atoms with Gasteiger partial charge in [-0.3, -0.25) is 14.4 Å². The van der Waals surface area contributed by atoms with E-state index in [1.807, 2.05) is 34.6 Å². The fraction of sp³-hybridized carbons (Fsp3) is 0.667. The monoisotopic (exact) mass is 579 g/mol. The van der Waals surface area contributed by atoms with Crippen LogP contribution in [-0.4, -0.2) is 75.6 Å². The number of fused-ring (bicyclic) bond motifs is 1. The fourth-order valence-electron chi connectivity index (χ4n) is 6.27. The van der Waals surface area contributed by atoms with E-state index in [0.717, 1.165) is 0 Å². The second kappa shape index (κ2) is 10.9. The van der Waals surface area contributed by atoms with Crippen LogP contribution in [0.2, 0.25) is 0 Å². The van der Waals surface area contributed by atoms with Crippen LogP contribution in [0, 0.1) is 17.8 Å². The minimum atomic E-state index is -1.15. The largest absolute Gasteiger partial charge is 0.494 e. The number of hydrogen-bond donors (Lipinski definition) is 3. The molecular formula is C27H38BrN3O6. The number of rotatable bonds is 10. The molecule has 9 nitrogen and oxygen atoms in total. The van der Waals surface area contributed by atoms with E-state index in [9.17, 15) is 19.5 Å². The molecule has 3 aliphatic heterocycles. The molecular weight excluding hydrogens is 542 g/mol. The first-order chi connectivity index (χ1) is 17.5. The molecule has 3 heterocycles. The van der Waals surface area contributed by atoms with Gasteiger partial charge in [0.15, 0.2) is 0 Å². The first-order valence-corrected chi connectivity index (χ1v) is 14.0. The van der Waals surface area contributed by atoms with Crippen molar-refractivity contribution in [3.05, 3.63) is 24.3 Å². The Kier molecular flexibility index (Phi) is 8.21. The Bertz CT molecular complexity index is 1020. The summed E-state index contributed by atoms with van der Waals surface area (Å²) >= 11 is 3.68. The predicted octanol–water partition coefficient (Wildman–Crippen LogP) is 2.70. The van der Waals surface area contributed by atoms with Crippen molar-refractivity contribution >= 4 is 39.3 Å². The van der Waals surface area contributed by atoms with Gasteiger partial charge in [-0.15, -0.1) is 0 Å². The van der Waals surface area contributed by atoms with Crippen LogP contribution in [0.4, 0.5) is 5.69 Å². The molecule has 0 radical (unpaired) electrons. The highest BCUT2D eigenvalue weighted by Crippen LogP contribution is 2.60. The topological polar surface area (TPSA) is 117 Å². The molecule has 204 valence electrons. The Balaban J connectivity index is 1.69. The van der Waals surface area contributed by atoms with E-state index in [4.69, 9.17) is 9.47 Å². The van der Waals surface area contributed by atoms with Gasteiger partial charge in [0.25, 0.3) is 0 Å². The van der Waals surface area contributed by atoms with E-state index >= 15 is 0 Å². The van der Waals surface area contributed by atoms with Gasteiger partial charge >= 0.3 is 0 Å².